The standard InChI is InChI=1S/C15H7BBr3F3N2/c17-12-6-4-10-14(8-2-1-3-9(20)15(8)19)11-5-7-13(18)24(11)16(21,22)23(10)12/h1-7H. The highest BCUT2D eigenvalue weighted by Gasteiger charge is 2.54. The number of benzene rings is 1. The molecule has 1 aromatic carbocycles. The quantitative estimate of drug-likeness (QED) is 0.436. The minimum absolute atomic E-state index is 0.241. The summed E-state index contributed by atoms with van der Waals surface area (Å²) >= 11 is 9.63. The van der Waals surface area contributed by atoms with Crippen molar-refractivity contribution in [2.45, 2.75) is 0 Å². The molecule has 0 bridgehead atoms. The van der Waals surface area contributed by atoms with Crippen LogP contribution in [0, 0.1) is 5.82 Å². The predicted molar refractivity (Wildman–Crippen MR) is 99.0 cm³/mol. The Bertz CT molecular complexity index is 992. The van der Waals surface area contributed by atoms with Crippen molar-refractivity contribution in [1.82, 2.24) is 4.48 Å². The molecule has 24 heavy (non-hydrogen) atoms. The summed E-state index contributed by atoms with van der Waals surface area (Å²) in [5, 5.41) is 0. The number of hydrogen-bond donors (Lipinski definition) is 0. The van der Waals surface area contributed by atoms with E-state index in [0.29, 0.717) is 22.5 Å². The van der Waals surface area contributed by atoms with E-state index in [0.717, 1.165) is 8.96 Å². The van der Waals surface area contributed by atoms with Crippen molar-refractivity contribution < 1.29 is 17.5 Å². The normalized spacial score (nSPS) is 18.2. The van der Waals surface area contributed by atoms with Crippen LogP contribution >= 0.6 is 47.8 Å². The van der Waals surface area contributed by atoms with Gasteiger partial charge in [0.2, 0.25) is 4.62 Å². The van der Waals surface area contributed by atoms with Crippen molar-refractivity contribution in [3.8, 4) is 0 Å². The minimum Gasteiger partial charge on any atom is -0.389 e. The highest BCUT2D eigenvalue weighted by atomic mass is 79.9. The number of allylic oxidation sites excluding steroid dienone is 2. The van der Waals surface area contributed by atoms with Gasteiger partial charge in [0.25, 0.3) is 0 Å². The topological polar surface area (TPSA) is 7.94 Å². The SMILES string of the molecule is Fc1cccc(C2=C3C=CC(Br)=[N+]3[B-](F)(F)n3c(Br)ccc32)c1Br. The number of nitrogens with zero attached hydrogens (tertiary/aromatic N) is 2. The molecule has 2 aliphatic rings. The van der Waals surface area contributed by atoms with Gasteiger partial charge in [-0.3, -0.25) is 0 Å². The molecular weight excluding hydrogens is 516 g/mol. The third-order valence-corrected chi connectivity index (χ3v) is 6.19. The van der Waals surface area contributed by atoms with Crippen LogP contribution in [0.2, 0.25) is 0 Å². The molecule has 2 nitrogen and oxygen atoms in total. The largest absolute Gasteiger partial charge is 0.738 e. The van der Waals surface area contributed by atoms with E-state index < -0.39 is 12.8 Å². The first kappa shape index (κ1) is 16.4. The lowest BCUT2D eigenvalue weighted by Gasteiger charge is -2.32. The molecule has 1 aromatic heterocycles. The van der Waals surface area contributed by atoms with Gasteiger partial charge in [-0.05, 0) is 50.1 Å². The summed E-state index contributed by atoms with van der Waals surface area (Å²) in [6.45, 7) is -4.07. The van der Waals surface area contributed by atoms with Gasteiger partial charge in [0.1, 0.15) is 5.82 Å². The van der Waals surface area contributed by atoms with Crippen molar-refractivity contribution in [2.24, 2.45) is 0 Å². The molecule has 3 heterocycles. The van der Waals surface area contributed by atoms with Crippen molar-refractivity contribution in [1.29, 1.82) is 0 Å². The second-order valence-electron chi connectivity index (χ2n) is 5.39. The first-order chi connectivity index (χ1) is 11.3. The van der Waals surface area contributed by atoms with Gasteiger partial charge in [-0.2, -0.15) is 0 Å². The predicted octanol–water partition coefficient (Wildman–Crippen LogP) is 5.52. The summed E-state index contributed by atoms with van der Waals surface area (Å²) in [4.78, 5) is 0. The number of aromatic nitrogens is 1. The number of rotatable bonds is 1. The van der Waals surface area contributed by atoms with Crippen LogP contribution in [-0.4, -0.2) is 20.6 Å². The molecule has 2 aliphatic heterocycles. The highest BCUT2D eigenvalue weighted by Crippen LogP contribution is 2.43. The average Bonchev–Trinajstić information content (AvgIpc) is 3.09. The molecule has 0 aliphatic carbocycles. The zero-order valence-electron chi connectivity index (χ0n) is 11.8. The van der Waals surface area contributed by atoms with Gasteiger partial charge in [0.05, 0.1) is 14.6 Å². The average molecular weight is 523 g/mol. The van der Waals surface area contributed by atoms with Crippen LogP contribution < -0.4 is 0 Å². The maximum absolute atomic E-state index is 15.1. The molecule has 0 amide bonds. The fraction of sp³-hybridized carbons (Fsp3) is 0. The Kier molecular flexibility index (Phi) is 3.74. The first-order valence-electron chi connectivity index (χ1n) is 6.92. The van der Waals surface area contributed by atoms with Crippen LogP contribution in [0.1, 0.15) is 11.3 Å². The van der Waals surface area contributed by atoms with Crippen LogP contribution in [0.15, 0.2) is 57.3 Å². The molecular formula is C15H7BBr3F3N2. The van der Waals surface area contributed by atoms with Gasteiger partial charge in [-0.1, -0.05) is 12.1 Å². The molecule has 0 radical (unpaired) electrons. The van der Waals surface area contributed by atoms with Crippen LogP contribution in [0.5, 0.6) is 0 Å². The van der Waals surface area contributed by atoms with Crippen molar-refractivity contribution in [3.05, 3.63) is 74.3 Å². The van der Waals surface area contributed by atoms with E-state index in [1.54, 1.807) is 36.4 Å². The van der Waals surface area contributed by atoms with Gasteiger partial charge in [0, 0.05) is 39.3 Å². The fourth-order valence-electron chi connectivity index (χ4n) is 3.11. The van der Waals surface area contributed by atoms with Gasteiger partial charge in [-0.25, -0.2) is 4.39 Å². The van der Waals surface area contributed by atoms with Crippen LogP contribution in [0.3, 0.4) is 0 Å². The Morgan fingerprint density at radius 3 is 2.50 bits per heavy atom. The third kappa shape index (κ3) is 2.10. The summed E-state index contributed by atoms with van der Waals surface area (Å²) in [6, 6.07) is 7.76. The van der Waals surface area contributed by atoms with Crippen molar-refractivity contribution in [3.63, 3.8) is 0 Å². The Balaban J connectivity index is 2.15. The zero-order valence-corrected chi connectivity index (χ0v) is 16.5. The second kappa shape index (κ2) is 5.47. The van der Waals surface area contributed by atoms with Gasteiger partial charge in [-0.15, -0.1) is 0 Å². The summed E-state index contributed by atoms with van der Waals surface area (Å²) < 4.78 is 46.8. The second-order valence-corrected chi connectivity index (χ2v) is 7.81. The fourth-order valence-corrected chi connectivity index (χ4v) is 4.71. The Hall–Kier alpha value is -1.06. The minimum atomic E-state index is -4.07. The van der Waals surface area contributed by atoms with Gasteiger partial charge >= 0.3 is 6.97 Å². The number of fused-ring (bicyclic) bond motifs is 2. The smallest absolute Gasteiger partial charge is 0.389 e. The van der Waals surface area contributed by atoms with Crippen LogP contribution in [0.4, 0.5) is 13.0 Å². The van der Waals surface area contributed by atoms with Crippen LogP contribution in [-0.2, 0) is 0 Å². The van der Waals surface area contributed by atoms with E-state index in [1.807, 2.05) is 0 Å². The number of hydrogen-bond acceptors (Lipinski definition) is 0. The molecule has 0 N–H and O–H groups in total. The summed E-state index contributed by atoms with van der Waals surface area (Å²) in [5.41, 5.74) is 1.71. The monoisotopic (exact) mass is 520 g/mol. The van der Waals surface area contributed by atoms with E-state index in [9.17, 15) is 4.39 Å². The lowest BCUT2D eigenvalue weighted by molar-refractivity contribution is -0.358. The Morgan fingerprint density at radius 2 is 1.75 bits per heavy atom. The lowest BCUT2D eigenvalue weighted by Crippen LogP contribution is -2.50. The van der Waals surface area contributed by atoms with E-state index in [-0.39, 0.29) is 13.7 Å². The lowest BCUT2D eigenvalue weighted by atomic mass is 9.86. The Labute approximate surface area is 160 Å². The van der Waals surface area contributed by atoms with Crippen molar-refractivity contribution >= 4 is 65.0 Å². The van der Waals surface area contributed by atoms with E-state index in [2.05, 4.69) is 47.8 Å². The zero-order chi connectivity index (χ0) is 17.2. The van der Waals surface area contributed by atoms with Gasteiger partial charge < -0.3 is 17.6 Å². The summed E-state index contributed by atoms with van der Waals surface area (Å²) in [6.07, 6.45) is 3.18. The molecule has 122 valence electrons. The number of halogens is 6. The van der Waals surface area contributed by atoms with E-state index in [4.69, 9.17) is 0 Å². The molecule has 9 heteroatoms. The van der Waals surface area contributed by atoms with E-state index in [1.165, 1.54) is 6.07 Å². The molecule has 0 atom stereocenters. The molecule has 0 saturated carbocycles. The van der Waals surface area contributed by atoms with Crippen molar-refractivity contribution in [2.75, 3.05) is 0 Å². The highest BCUT2D eigenvalue weighted by molar-refractivity contribution is 9.18. The molecule has 0 fully saturated rings. The molecule has 0 saturated heterocycles. The first-order valence-corrected chi connectivity index (χ1v) is 9.30. The van der Waals surface area contributed by atoms with E-state index >= 15 is 8.63 Å². The Morgan fingerprint density at radius 1 is 1.00 bits per heavy atom. The molecule has 2 aromatic rings. The van der Waals surface area contributed by atoms with Crippen LogP contribution in [0.25, 0.3) is 5.57 Å². The molecule has 0 unspecified atom stereocenters. The summed E-state index contributed by atoms with van der Waals surface area (Å²) in [5.74, 6) is -0.447. The maximum Gasteiger partial charge on any atom is 0.738 e. The molecule has 4 rings (SSSR count). The maximum atomic E-state index is 15.1. The third-order valence-electron chi connectivity index (χ3n) is 4.09. The summed E-state index contributed by atoms with van der Waals surface area (Å²) in [7, 11) is 0. The molecule has 0 spiro atoms. The van der Waals surface area contributed by atoms with Gasteiger partial charge in [0.15, 0.2) is 5.70 Å².